The number of amidine groups is 1. The fourth-order valence-electron chi connectivity index (χ4n) is 0.963. The average Bonchev–Trinajstić information content (AvgIpc) is 1.57. The van der Waals surface area contributed by atoms with Crippen molar-refractivity contribution in [2.75, 3.05) is 13.1 Å². The predicted molar refractivity (Wildman–Crippen MR) is 34.8 cm³/mol. The molecule has 1 heterocycles. The summed E-state index contributed by atoms with van der Waals surface area (Å²) >= 11 is 0. The van der Waals surface area contributed by atoms with Crippen LogP contribution in [0, 0.1) is 5.92 Å². The van der Waals surface area contributed by atoms with Crippen LogP contribution in [-0.4, -0.2) is 23.8 Å². The van der Waals surface area contributed by atoms with Gasteiger partial charge in [0.1, 0.15) is 0 Å². The minimum atomic E-state index is 0. The van der Waals surface area contributed by atoms with Crippen molar-refractivity contribution in [1.29, 1.82) is 0 Å². The number of hydrogen-bond donors (Lipinski definition) is 0. The van der Waals surface area contributed by atoms with Gasteiger partial charge in [0.2, 0.25) is 0 Å². The smallest absolute Gasteiger partial charge is 0 e. The Hall–Kier alpha value is -1.53. The molecule has 0 atom stereocenters. The molecule has 2 nitrogen and oxygen atoms in total. The molecule has 0 spiro atoms. The van der Waals surface area contributed by atoms with E-state index in [2.05, 4.69) is 6.92 Å². The predicted octanol–water partition coefficient (Wildman–Crippen LogP) is 0.926. The van der Waals surface area contributed by atoms with Gasteiger partial charge in [-0.05, 0) is 25.9 Å². The van der Waals surface area contributed by atoms with Gasteiger partial charge in [0.05, 0.1) is 0 Å². The van der Waals surface area contributed by atoms with E-state index in [0.29, 0.717) is 5.84 Å². The van der Waals surface area contributed by atoms with Gasteiger partial charge in [-0.1, -0.05) is 12.8 Å². The number of nitrogens with zero attached hydrogens (tertiary/aromatic N) is 2. The number of hydrogen-bond acceptors (Lipinski definition) is 0. The third-order valence-electron chi connectivity index (χ3n) is 1.52. The molecule has 0 aromatic heterocycles. The molecule has 3 heteroatoms. The summed E-state index contributed by atoms with van der Waals surface area (Å²) in [5.41, 5.74) is 0. The molecule has 0 aromatic rings. The van der Waals surface area contributed by atoms with Crippen LogP contribution in [0.1, 0.15) is 13.8 Å². The molecule has 1 aliphatic rings. The summed E-state index contributed by atoms with van der Waals surface area (Å²) in [6.07, 6.45) is 0. The van der Waals surface area contributed by atoms with E-state index >= 15 is 0 Å². The molecule has 1 rings (SSSR count). The van der Waals surface area contributed by atoms with Gasteiger partial charge in [-0.25, -0.2) is 0 Å². The van der Waals surface area contributed by atoms with E-state index in [-0.39, 0.29) is 0 Å². The van der Waals surface area contributed by atoms with E-state index in [1.807, 2.05) is 4.90 Å². The summed E-state index contributed by atoms with van der Waals surface area (Å²) in [5, 5.41) is 8.83. The second kappa shape index (κ2) is 2.16. The van der Waals surface area contributed by atoms with E-state index in [1.165, 1.54) is 0 Å². The van der Waals surface area contributed by atoms with Gasteiger partial charge in [0, 0.05) is 0 Å². The van der Waals surface area contributed by atoms with Gasteiger partial charge in [-0.15, -0.1) is 0 Å². The molecule has 1 aliphatic heterocycles. The summed E-state index contributed by atoms with van der Waals surface area (Å²) in [6.45, 7) is 5.97. The first-order valence-corrected chi connectivity index (χ1v) is 2.97. The molecule has 9 heavy (non-hydrogen) atoms. The molecule has 0 aliphatic carbocycles. The molecule has 0 unspecified atom stereocenters. The van der Waals surface area contributed by atoms with Crippen LogP contribution < -0.4 is 0 Å². The second-order valence-corrected chi connectivity index (χ2v) is 2.56. The molecule has 1 fully saturated rings. The van der Waals surface area contributed by atoms with Crippen LogP contribution in [0.3, 0.4) is 0 Å². The Morgan fingerprint density at radius 2 is 2.00 bits per heavy atom. The Morgan fingerprint density at radius 3 is 2.11 bits per heavy atom. The van der Waals surface area contributed by atoms with Crippen molar-refractivity contribution >= 4 is 5.84 Å². The number of likely N-dealkylation sites (tertiary alicyclic amines) is 1. The van der Waals surface area contributed by atoms with Gasteiger partial charge in [0.15, 0.2) is 0 Å². The summed E-state index contributed by atoms with van der Waals surface area (Å²) < 4.78 is 0. The van der Waals surface area contributed by atoms with E-state index in [9.17, 15) is 0 Å². The molecule has 48 valence electrons. The molecular formula is C6H11N2Rf-. The first-order valence-electron chi connectivity index (χ1n) is 2.97. The van der Waals surface area contributed by atoms with Crippen LogP contribution in [0.15, 0.2) is 0 Å². The largest absolute Gasteiger partial charge is 0.472 e. The van der Waals surface area contributed by atoms with Gasteiger partial charge >= 0.3 is 0 Å². The fourth-order valence-corrected chi connectivity index (χ4v) is 0.963. The third-order valence-corrected chi connectivity index (χ3v) is 1.52. The maximum Gasteiger partial charge on any atom is 0 e. The van der Waals surface area contributed by atoms with Gasteiger partial charge < -0.3 is 10.3 Å². The maximum absolute atomic E-state index is 8.83. The molecule has 0 saturated carbocycles. The van der Waals surface area contributed by atoms with E-state index in [4.69, 9.17) is 5.41 Å². The molecule has 0 N–H and O–H groups in total. The minimum absolute atomic E-state index is 0. The zero-order chi connectivity index (χ0) is 6.15. The van der Waals surface area contributed by atoms with Crippen molar-refractivity contribution < 1.29 is 0 Å². The van der Waals surface area contributed by atoms with Crippen molar-refractivity contribution in [3.8, 4) is 0 Å². The van der Waals surface area contributed by atoms with Gasteiger partial charge in [0.25, 0.3) is 0 Å². The monoisotopic (exact) mass is 378 g/mol. The van der Waals surface area contributed by atoms with Crippen molar-refractivity contribution in [3.63, 3.8) is 0 Å². The van der Waals surface area contributed by atoms with Crippen molar-refractivity contribution in [1.82, 2.24) is 4.90 Å². The molecule has 0 radical (unpaired) electrons. The van der Waals surface area contributed by atoms with Crippen molar-refractivity contribution in [3.05, 3.63) is 5.41 Å². The molecule has 1 saturated heterocycles. The SMILES string of the molecule is CC(=[N-])N1CC(C)C1.[Rf]. The normalized spacial score (nSPS) is 18.2. The molecular weight excluding hydrogens is 367 g/mol. The van der Waals surface area contributed by atoms with Gasteiger partial charge in [-0.2, -0.15) is 0 Å². The summed E-state index contributed by atoms with van der Waals surface area (Å²) in [6, 6.07) is 0. The Kier molecular flexibility index (Phi) is 1.79. The van der Waals surface area contributed by atoms with E-state index in [1.54, 1.807) is 6.92 Å². The molecule has 0 bridgehead atoms. The Bertz CT molecular complexity index is 108. The van der Waals surface area contributed by atoms with Crippen LogP contribution in [0.5, 0.6) is 0 Å². The molecule has 0 aromatic carbocycles. The molecule has 0 amide bonds. The van der Waals surface area contributed by atoms with Crippen molar-refractivity contribution in [2.45, 2.75) is 13.8 Å². The van der Waals surface area contributed by atoms with E-state index in [0.717, 1.165) is 19.0 Å². The van der Waals surface area contributed by atoms with Crippen LogP contribution >= 0.6 is 0 Å². The zero-order valence-electron chi connectivity index (χ0n) is 6.09. The van der Waals surface area contributed by atoms with Gasteiger partial charge in [-0.3, -0.25) is 0 Å². The van der Waals surface area contributed by atoms with Crippen LogP contribution in [0.4, 0.5) is 0 Å². The maximum atomic E-state index is 8.83. The number of rotatable bonds is 0. The van der Waals surface area contributed by atoms with E-state index < -0.39 is 0 Å². The summed E-state index contributed by atoms with van der Waals surface area (Å²) in [5.74, 6) is 1.24. The van der Waals surface area contributed by atoms with Crippen LogP contribution in [0.2, 0.25) is 0 Å². The first kappa shape index (κ1) is 7.47. The average molecular weight is 378 g/mol. The Morgan fingerprint density at radius 1 is 1.56 bits per heavy atom. The minimum Gasteiger partial charge on any atom is -0.472 e. The summed E-state index contributed by atoms with van der Waals surface area (Å²) in [4.78, 5) is 1.96. The van der Waals surface area contributed by atoms with Crippen molar-refractivity contribution in [2.24, 2.45) is 5.92 Å². The summed E-state index contributed by atoms with van der Waals surface area (Å²) in [7, 11) is 0. The fraction of sp³-hybridized carbons (Fsp3) is 0.833. The van der Waals surface area contributed by atoms with Crippen LogP contribution in [-0.2, 0) is 0 Å². The third kappa shape index (κ3) is 1.18. The standard InChI is InChI=1S/C6H11N2.Rf/c1-5-3-8(4-5)6(2)7;/h5H,3-4H2,1-2H3;/q-1;. The quantitative estimate of drug-likeness (QED) is 0.455. The topological polar surface area (TPSA) is 25.5 Å². The Balaban J connectivity index is 0.000000640. The first-order chi connectivity index (χ1) is 3.70. The van der Waals surface area contributed by atoms with Crippen LogP contribution in [0.25, 0.3) is 5.41 Å². The second-order valence-electron chi connectivity index (χ2n) is 2.56. The zero-order valence-corrected chi connectivity index (χ0v) is 12.5. The Labute approximate surface area is 50.0 Å².